The lowest BCUT2D eigenvalue weighted by Gasteiger charge is -2.24. The topological polar surface area (TPSA) is 104 Å². The van der Waals surface area contributed by atoms with Crippen molar-refractivity contribution in [2.45, 2.75) is 6.54 Å². The molecule has 0 saturated heterocycles. The number of nitrogens with two attached hydrogens (primary N) is 1. The van der Waals surface area contributed by atoms with Crippen molar-refractivity contribution in [3.05, 3.63) is 40.3 Å². The zero-order valence-electron chi connectivity index (χ0n) is 15.2. The number of nitrogen functional groups attached to an aromatic ring is 1. The zero-order chi connectivity index (χ0) is 19.1. The van der Waals surface area contributed by atoms with Gasteiger partial charge in [-0.15, -0.1) is 11.3 Å². The van der Waals surface area contributed by atoms with Gasteiger partial charge < -0.3 is 26.2 Å². The Bertz CT molecular complexity index is 744. The molecule has 0 atom stereocenters. The summed E-state index contributed by atoms with van der Waals surface area (Å²) in [6.07, 6.45) is 1.61. The van der Waals surface area contributed by atoms with Crippen molar-refractivity contribution in [2.24, 2.45) is 0 Å². The van der Waals surface area contributed by atoms with Crippen LogP contribution in [0.2, 0.25) is 0 Å². The Morgan fingerprint density at radius 2 is 2.00 bits per heavy atom. The lowest BCUT2D eigenvalue weighted by Crippen LogP contribution is -2.41. The van der Waals surface area contributed by atoms with E-state index in [-0.39, 0.29) is 11.9 Å². The third-order valence-electron chi connectivity index (χ3n) is 3.69. The number of urea groups is 1. The number of carbonyl (C=O) groups is 2. The lowest BCUT2D eigenvalue weighted by atomic mass is 10.2. The first-order valence-electron chi connectivity index (χ1n) is 8.10. The molecule has 4 N–H and O–H groups in total. The van der Waals surface area contributed by atoms with E-state index in [2.05, 4.69) is 15.6 Å². The second-order valence-electron chi connectivity index (χ2n) is 6.03. The summed E-state index contributed by atoms with van der Waals surface area (Å²) >= 11 is 1.42. The van der Waals surface area contributed by atoms with Crippen LogP contribution in [0.3, 0.4) is 0 Å². The fourth-order valence-corrected chi connectivity index (χ4v) is 2.87. The zero-order valence-corrected chi connectivity index (χ0v) is 16.0. The maximum Gasteiger partial charge on any atom is 0.317 e. The molecule has 2 heterocycles. The number of pyridine rings is 1. The Morgan fingerprint density at radius 1 is 1.23 bits per heavy atom. The first-order valence-corrected chi connectivity index (χ1v) is 9.04. The van der Waals surface area contributed by atoms with Gasteiger partial charge in [-0.05, 0) is 25.7 Å². The molecule has 140 valence electrons. The van der Waals surface area contributed by atoms with Crippen LogP contribution in [0.1, 0.15) is 16.1 Å². The van der Waals surface area contributed by atoms with Crippen LogP contribution in [0.4, 0.5) is 16.2 Å². The molecule has 0 bridgehead atoms. The van der Waals surface area contributed by atoms with Gasteiger partial charge in [-0.25, -0.2) is 4.79 Å². The predicted molar refractivity (Wildman–Crippen MR) is 104 cm³/mol. The van der Waals surface area contributed by atoms with Crippen LogP contribution >= 0.6 is 11.3 Å². The molecule has 0 aliphatic carbocycles. The van der Waals surface area contributed by atoms with Crippen molar-refractivity contribution in [2.75, 3.05) is 45.3 Å². The van der Waals surface area contributed by atoms with Gasteiger partial charge in [-0.2, -0.15) is 0 Å². The molecule has 26 heavy (non-hydrogen) atoms. The minimum Gasteiger partial charge on any atom is -0.396 e. The summed E-state index contributed by atoms with van der Waals surface area (Å²) in [6, 6.07) is 3.28. The van der Waals surface area contributed by atoms with E-state index in [0.29, 0.717) is 30.2 Å². The quantitative estimate of drug-likeness (QED) is 0.682. The standard InChI is InChI=1S/C17H24N6O2S/c1-19-17(25)23(7-6-22(2)3)9-12-4-5-14(20-8-12)16(24)21-15-11-26-10-13(15)18/h4-5,8,10-11H,6-7,9,18H2,1-3H3,(H,19,25)(H,21,24). The fraction of sp³-hybridized carbons (Fsp3) is 0.353. The molecular weight excluding hydrogens is 352 g/mol. The second kappa shape index (κ2) is 9.16. The van der Waals surface area contributed by atoms with E-state index >= 15 is 0 Å². The molecule has 0 fully saturated rings. The number of carbonyl (C=O) groups excluding carboxylic acids is 2. The van der Waals surface area contributed by atoms with Crippen molar-refractivity contribution < 1.29 is 9.59 Å². The molecule has 0 unspecified atom stereocenters. The van der Waals surface area contributed by atoms with Crippen LogP contribution in [0.15, 0.2) is 29.1 Å². The Morgan fingerprint density at radius 3 is 2.54 bits per heavy atom. The van der Waals surface area contributed by atoms with E-state index in [9.17, 15) is 9.59 Å². The van der Waals surface area contributed by atoms with E-state index < -0.39 is 0 Å². The van der Waals surface area contributed by atoms with Gasteiger partial charge in [0.15, 0.2) is 0 Å². The fourth-order valence-electron chi connectivity index (χ4n) is 2.20. The molecule has 0 aromatic carbocycles. The molecule has 2 aromatic rings. The van der Waals surface area contributed by atoms with Gasteiger partial charge in [0, 0.05) is 43.6 Å². The van der Waals surface area contributed by atoms with Crippen LogP contribution in [-0.2, 0) is 6.54 Å². The number of likely N-dealkylation sites (N-methyl/N-ethyl adjacent to an activating group) is 1. The molecule has 2 aromatic heterocycles. The second-order valence-corrected chi connectivity index (χ2v) is 6.77. The number of hydrogen-bond donors (Lipinski definition) is 3. The highest BCUT2D eigenvalue weighted by molar-refractivity contribution is 7.09. The summed E-state index contributed by atoms with van der Waals surface area (Å²) in [7, 11) is 5.52. The van der Waals surface area contributed by atoms with Gasteiger partial charge >= 0.3 is 6.03 Å². The van der Waals surface area contributed by atoms with Crippen molar-refractivity contribution in [1.82, 2.24) is 20.1 Å². The minimum absolute atomic E-state index is 0.151. The monoisotopic (exact) mass is 376 g/mol. The van der Waals surface area contributed by atoms with Gasteiger partial charge in [-0.3, -0.25) is 9.78 Å². The summed E-state index contributed by atoms with van der Waals surface area (Å²) in [5.74, 6) is -0.322. The average Bonchev–Trinajstić information content (AvgIpc) is 3.03. The summed E-state index contributed by atoms with van der Waals surface area (Å²) in [4.78, 5) is 32.2. The van der Waals surface area contributed by atoms with Crippen LogP contribution in [0.25, 0.3) is 0 Å². The van der Waals surface area contributed by atoms with Crippen molar-refractivity contribution >= 4 is 34.6 Å². The molecule has 0 aliphatic heterocycles. The van der Waals surface area contributed by atoms with Gasteiger partial charge in [-0.1, -0.05) is 6.07 Å². The first kappa shape index (κ1) is 19.7. The maximum absolute atomic E-state index is 12.2. The van der Waals surface area contributed by atoms with Crippen LogP contribution in [0.5, 0.6) is 0 Å². The molecule has 2 rings (SSSR count). The van der Waals surface area contributed by atoms with Gasteiger partial charge in [0.1, 0.15) is 5.69 Å². The van der Waals surface area contributed by atoms with E-state index in [1.807, 2.05) is 19.0 Å². The van der Waals surface area contributed by atoms with E-state index in [0.717, 1.165) is 12.1 Å². The number of rotatable bonds is 7. The molecule has 0 spiro atoms. The normalized spacial score (nSPS) is 10.6. The molecule has 0 radical (unpaired) electrons. The highest BCUT2D eigenvalue weighted by atomic mass is 32.1. The maximum atomic E-state index is 12.2. The number of nitrogens with zero attached hydrogens (tertiary/aromatic N) is 3. The molecule has 3 amide bonds. The molecule has 9 heteroatoms. The summed E-state index contributed by atoms with van der Waals surface area (Å²) < 4.78 is 0. The van der Waals surface area contributed by atoms with Crippen LogP contribution in [-0.4, -0.2) is 61.0 Å². The SMILES string of the molecule is CNC(=O)N(CCN(C)C)Cc1ccc(C(=O)Nc2cscc2N)nc1. The highest BCUT2D eigenvalue weighted by Crippen LogP contribution is 2.23. The Balaban J connectivity index is 2.01. The predicted octanol–water partition coefficient (Wildman–Crippen LogP) is 1.68. The Labute approximate surface area is 157 Å². The van der Waals surface area contributed by atoms with E-state index in [1.54, 1.807) is 41.0 Å². The van der Waals surface area contributed by atoms with Crippen LogP contribution < -0.4 is 16.4 Å². The van der Waals surface area contributed by atoms with E-state index in [1.165, 1.54) is 11.3 Å². The Kier molecular flexibility index (Phi) is 6.93. The summed E-state index contributed by atoms with van der Waals surface area (Å²) in [5, 5.41) is 8.90. The first-order chi connectivity index (χ1) is 12.4. The van der Waals surface area contributed by atoms with Crippen molar-refractivity contribution in [3.63, 3.8) is 0 Å². The molecule has 8 nitrogen and oxygen atoms in total. The van der Waals surface area contributed by atoms with Gasteiger partial charge in [0.25, 0.3) is 5.91 Å². The number of anilines is 2. The third kappa shape index (κ3) is 5.43. The largest absolute Gasteiger partial charge is 0.396 e. The minimum atomic E-state index is -0.322. The number of nitrogens with one attached hydrogen (secondary N) is 2. The van der Waals surface area contributed by atoms with E-state index in [4.69, 9.17) is 5.73 Å². The summed E-state index contributed by atoms with van der Waals surface area (Å²) in [5.41, 5.74) is 8.02. The third-order valence-corrected chi connectivity index (χ3v) is 4.45. The average molecular weight is 376 g/mol. The smallest absolute Gasteiger partial charge is 0.317 e. The lowest BCUT2D eigenvalue weighted by molar-refractivity contribution is 0.102. The van der Waals surface area contributed by atoms with Crippen LogP contribution in [0, 0.1) is 0 Å². The van der Waals surface area contributed by atoms with Gasteiger partial charge in [0.05, 0.1) is 11.4 Å². The van der Waals surface area contributed by atoms with Crippen molar-refractivity contribution in [1.29, 1.82) is 0 Å². The number of amides is 3. The highest BCUT2D eigenvalue weighted by Gasteiger charge is 2.14. The van der Waals surface area contributed by atoms with Gasteiger partial charge in [0.2, 0.25) is 0 Å². The molecule has 0 aliphatic rings. The Hall–Kier alpha value is -2.65. The van der Waals surface area contributed by atoms with Crippen molar-refractivity contribution in [3.8, 4) is 0 Å². The number of aromatic nitrogens is 1. The molecule has 0 saturated carbocycles. The number of thiophene rings is 1. The molecular formula is C17H24N6O2S. The number of hydrogen-bond acceptors (Lipinski definition) is 6. The summed E-state index contributed by atoms with van der Waals surface area (Å²) in [6.45, 7) is 1.76.